The molecule has 7 nitrogen and oxygen atoms in total. The number of benzene rings is 2. The Balaban J connectivity index is 1.73. The molecule has 1 atom stereocenters. The van der Waals surface area contributed by atoms with Gasteiger partial charge in [0.15, 0.2) is 5.78 Å². The van der Waals surface area contributed by atoms with E-state index in [1.165, 1.54) is 7.11 Å². The molecule has 0 fully saturated rings. The third-order valence-corrected chi connectivity index (χ3v) is 6.85. The van der Waals surface area contributed by atoms with Crippen LogP contribution >= 0.6 is 0 Å². The number of nitrogens with zero attached hydrogens (tertiary/aromatic N) is 1. The summed E-state index contributed by atoms with van der Waals surface area (Å²) in [6.45, 7) is 9.16. The molecule has 1 heterocycles. The van der Waals surface area contributed by atoms with E-state index in [9.17, 15) is 14.7 Å². The minimum absolute atomic E-state index is 0.170. The molecule has 0 saturated carbocycles. The Morgan fingerprint density at radius 1 is 0.923 bits per heavy atom. The molecule has 0 aliphatic heterocycles. The molecule has 1 N–H and O–H groups in total. The highest BCUT2D eigenvalue weighted by atomic mass is 16.5. The maximum Gasteiger partial charge on any atom is 0.337 e. The van der Waals surface area contributed by atoms with Gasteiger partial charge < -0.3 is 23.9 Å². The summed E-state index contributed by atoms with van der Waals surface area (Å²) < 4.78 is 16.8. The third-order valence-electron chi connectivity index (χ3n) is 6.85. The van der Waals surface area contributed by atoms with E-state index in [-0.39, 0.29) is 12.4 Å². The monoisotopic (exact) mass is 537 g/mol. The predicted molar refractivity (Wildman–Crippen MR) is 154 cm³/mol. The maximum atomic E-state index is 13.7. The molecule has 3 aromatic rings. The first kappa shape index (κ1) is 30.4. The van der Waals surface area contributed by atoms with Gasteiger partial charge in [0.2, 0.25) is 0 Å². The van der Waals surface area contributed by atoms with E-state index in [4.69, 9.17) is 13.9 Å². The number of aliphatic hydroxyl groups excluding tert-OH is 1. The second-order valence-corrected chi connectivity index (χ2v) is 10.0. The minimum Gasteiger partial charge on any atom is -0.491 e. The number of aliphatic hydroxyl groups is 1. The standard InChI is InChI=1S/C32H43NO6/c1-5-8-11-29-30(27-20-24(32(36)37-4)14-17-28(27)39-29)31(35)23-12-15-26(16-13-23)38-22-25(34)21-33(18-9-6-2)19-10-7-3/h12-17,20,25,34H,5-11,18-19,21-22H2,1-4H3. The number of methoxy groups -OCH3 is 1. The van der Waals surface area contributed by atoms with E-state index in [0.29, 0.717) is 52.1 Å². The van der Waals surface area contributed by atoms with Gasteiger partial charge in [0.1, 0.15) is 29.8 Å². The summed E-state index contributed by atoms with van der Waals surface area (Å²) in [4.78, 5) is 28.1. The number of esters is 1. The van der Waals surface area contributed by atoms with Gasteiger partial charge in [-0.3, -0.25) is 4.79 Å². The van der Waals surface area contributed by atoms with Crippen LogP contribution in [0.25, 0.3) is 11.0 Å². The van der Waals surface area contributed by atoms with Crippen LogP contribution in [0, 0.1) is 0 Å². The molecule has 2 aromatic carbocycles. The highest BCUT2D eigenvalue weighted by Crippen LogP contribution is 2.31. The lowest BCUT2D eigenvalue weighted by Gasteiger charge is -2.25. The van der Waals surface area contributed by atoms with Crippen molar-refractivity contribution >= 4 is 22.7 Å². The minimum atomic E-state index is -0.595. The number of ether oxygens (including phenoxy) is 2. The van der Waals surface area contributed by atoms with E-state index in [1.807, 2.05) is 0 Å². The summed E-state index contributed by atoms with van der Waals surface area (Å²) >= 11 is 0. The summed E-state index contributed by atoms with van der Waals surface area (Å²) in [5, 5.41) is 11.2. The number of carbonyl (C=O) groups is 2. The van der Waals surface area contributed by atoms with Crippen molar-refractivity contribution < 1.29 is 28.6 Å². The van der Waals surface area contributed by atoms with Gasteiger partial charge in [-0.1, -0.05) is 40.0 Å². The summed E-state index contributed by atoms with van der Waals surface area (Å²) in [6.07, 6.45) is 6.36. The number of hydrogen-bond acceptors (Lipinski definition) is 7. The fourth-order valence-corrected chi connectivity index (χ4v) is 4.60. The first-order valence-corrected chi connectivity index (χ1v) is 14.2. The largest absolute Gasteiger partial charge is 0.491 e. The molecule has 0 bridgehead atoms. The first-order chi connectivity index (χ1) is 18.9. The second kappa shape index (κ2) is 15.4. The van der Waals surface area contributed by atoms with Crippen molar-refractivity contribution in [3.8, 4) is 5.75 Å². The number of furan rings is 1. The Morgan fingerprint density at radius 2 is 1.56 bits per heavy atom. The molecule has 0 saturated heterocycles. The van der Waals surface area contributed by atoms with Gasteiger partial charge in [-0.25, -0.2) is 4.79 Å². The van der Waals surface area contributed by atoms with Crippen LogP contribution < -0.4 is 4.74 Å². The van der Waals surface area contributed by atoms with Gasteiger partial charge >= 0.3 is 5.97 Å². The summed E-state index contributed by atoms with van der Waals surface area (Å²) in [7, 11) is 1.33. The molecular weight excluding hydrogens is 494 g/mol. The van der Waals surface area contributed by atoms with Crippen molar-refractivity contribution in [2.75, 3.05) is 33.4 Å². The number of unbranched alkanes of at least 4 members (excludes halogenated alkanes) is 3. The maximum absolute atomic E-state index is 13.7. The van der Waals surface area contributed by atoms with Crippen LogP contribution in [0.3, 0.4) is 0 Å². The third kappa shape index (κ3) is 8.41. The SMILES string of the molecule is CCCCc1oc2ccc(C(=O)OC)cc2c1C(=O)c1ccc(OCC(O)CN(CCCC)CCCC)cc1. The molecule has 3 rings (SSSR count). The van der Waals surface area contributed by atoms with Crippen LogP contribution in [0.4, 0.5) is 0 Å². The average Bonchev–Trinajstić information content (AvgIpc) is 3.33. The van der Waals surface area contributed by atoms with Crippen molar-refractivity contribution in [3.63, 3.8) is 0 Å². The number of hydrogen-bond donors (Lipinski definition) is 1. The van der Waals surface area contributed by atoms with E-state index >= 15 is 0 Å². The summed E-state index contributed by atoms with van der Waals surface area (Å²) in [5.74, 6) is 0.582. The van der Waals surface area contributed by atoms with Crippen LogP contribution in [-0.4, -0.2) is 61.2 Å². The molecule has 0 aliphatic rings. The molecule has 0 spiro atoms. The Bertz CT molecular complexity index is 1190. The fourth-order valence-electron chi connectivity index (χ4n) is 4.60. The number of carbonyl (C=O) groups excluding carboxylic acids is 2. The normalized spacial score (nSPS) is 12.2. The molecule has 0 amide bonds. The van der Waals surface area contributed by atoms with Crippen molar-refractivity contribution in [1.82, 2.24) is 4.90 Å². The zero-order valence-corrected chi connectivity index (χ0v) is 23.8. The van der Waals surface area contributed by atoms with Crippen LogP contribution in [0.2, 0.25) is 0 Å². The summed E-state index contributed by atoms with van der Waals surface area (Å²) in [6, 6.07) is 12.0. The summed E-state index contributed by atoms with van der Waals surface area (Å²) in [5.41, 5.74) is 1.91. The van der Waals surface area contributed by atoms with E-state index in [1.54, 1.807) is 42.5 Å². The first-order valence-electron chi connectivity index (χ1n) is 14.2. The van der Waals surface area contributed by atoms with E-state index in [0.717, 1.165) is 51.6 Å². The zero-order chi connectivity index (χ0) is 28.2. The van der Waals surface area contributed by atoms with Gasteiger partial charge in [-0.15, -0.1) is 0 Å². The van der Waals surface area contributed by atoms with Crippen molar-refractivity contribution in [2.24, 2.45) is 0 Å². The molecule has 7 heteroatoms. The van der Waals surface area contributed by atoms with Gasteiger partial charge in [0, 0.05) is 23.9 Å². The molecular formula is C32H43NO6. The molecule has 0 aliphatic carbocycles. The Kier molecular flexibility index (Phi) is 12.0. The molecule has 0 radical (unpaired) electrons. The average molecular weight is 538 g/mol. The van der Waals surface area contributed by atoms with Gasteiger partial charge in [0.25, 0.3) is 0 Å². The van der Waals surface area contributed by atoms with Crippen LogP contribution in [-0.2, 0) is 11.2 Å². The van der Waals surface area contributed by atoms with E-state index < -0.39 is 12.1 Å². The van der Waals surface area contributed by atoms with E-state index in [2.05, 4.69) is 25.7 Å². The zero-order valence-electron chi connectivity index (χ0n) is 23.8. The molecule has 212 valence electrons. The number of ketones is 1. The molecule has 1 aromatic heterocycles. The fraction of sp³-hybridized carbons (Fsp3) is 0.500. The lowest BCUT2D eigenvalue weighted by atomic mass is 9.97. The van der Waals surface area contributed by atoms with Gasteiger partial charge in [-0.2, -0.15) is 0 Å². The number of aryl methyl sites for hydroxylation is 1. The van der Waals surface area contributed by atoms with Crippen molar-refractivity contribution in [3.05, 3.63) is 64.9 Å². The quantitative estimate of drug-likeness (QED) is 0.157. The highest BCUT2D eigenvalue weighted by Gasteiger charge is 2.23. The molecule has 39 heavy (non-hydrogen) atoms. The topological polar surface area (TPSA) is 89.2 Å². The Labute approximate surface area is 232 Å². The smallest absolute Gasteiger partial charge is 0.337 e. The van der Waals surface area contributed by atoms with Gasteiger partial charge in [0.05, 0.1) is 18.2 Å². The Hall–Kier alpha value is -3.16. The highest BCUT2D eigenvalue weighted by molar-refractivity contribution is 6.17. The van der Waals surface area contributed by atoms with Crippen LogP contribution in [0.5, 0.6) is 5.75 Å². The molecule has 1 unspecified atom stereocenters. The number of rotatable bonds is 17. The number of fused-ring (bicyclic) bond motifs is 1. The van der Waals surface area contributed by atoms with Crippen molar-refractivity contribution in [1.29, 1.82) is 0 Å². The second-order valence-electron chi connectivity index (χ2n) is 10.0. The lowest BCUT2D eigenvalue weighted by Crippen LogP contribution is -2.36. The Morgan fingerprint density at radius 3 is 2.18 bits per heavy atom. The van der Waals surface area contributed by atoms with Crippen LogP contribution in [0.15, 0.2) is 46.9 Å². The predicted octanol–water partition coefficient (Wildman–Crippen LogP) is 6.43. The lowest BCUT2D eigenvalue weighted by molar-refractivity contribution is 0.0600. The van der Waals surface area contributed by atoms with Crippen LogP contribution in [0.1, 0.15) is 91.3 Å². The van der Waals surface area contributed by atoms with Gasteiger partial charge in [-0.05, 0) is 74.8 Å². The van der Waals surface area contributed by atoms with Crippen molar-refractivity contribution in [2.45, 2.75) is 71.8 Å².